The van der Waals surface area contributed by atoms with E-state index in [0.29, 0.717) is 21.4 Å². The predicted molar refractivity (Wildman–Crippen MR) is 67.5 cm³/mol. The van der Waals surface area contributed by atoms with Gasteiger partial charge in [0.1, 0.15) is 0 Å². The predicted octanol–water partition coefficient (Wildman–Crippen LogP) is 3.79. The molecule has 2 aromatic rings. The lowest BCUT2D eigenvalue weighted by molar-refractivity contribution is 0.0696. The molecule has 17 heavy (non-hydrogen) atoms. The lowest BCUT2D eigenvalue weighted by Crippen LogP contribution is -2.01. The highest BCUT2D eigenvalue weighted by molar-refractivity contribution is 6.43. The number of aromatic nitrogens is 1. The van der Waals surface area contributed by atoms with E-state index in [9.17, 15) is 4.79 Å². The van der Waals surface area contributed by atoms with Crippen molar-refractivity contribution in [3.63, 3.8) is 0 Å². The molecular weight excluding hydrogens is 261 g/mol. The molecule has 1 aromatic heterocycles. The van der Waals surface area contributed by atoms with Crippen LogP contribution >= 0.6 is 23.2 Å². The maximum absolute atomic E-state index is 10.9. The molecule has 1 aromatic carbocycles. The summed E-state index contributed by atoms with van der Waals surface area (Å²) >= 11 is 12.0. The molecule has 0 amide bonds. The van der Waals surface area contributed by atoms with Crippen molar-refractivity contribution < 1.29 is 9.90 Å². The number of rotatable bonds is 2. The lowest BCUT2D eigenvalue weighted by Gasteiger charge is -2.09. The molecule has 0 aliphatic rings. The molecule has 0 spiro atoms. The second-order valence-corrected chi connectivity index (χ2v) is 4.35. The summed E-state index contributed by atoms with van der Waals surface area (Å²) in [7, 11) is 0. The quantitative estimate of drug-likeness (QED) is 0.902. The molecule has 0 saturated heterocycles. The van der Waals surface area contributed by atoms with Crippen LogP contribution in [0, 0.1) is 6.92 Å². The molecule has 0 unspecified atom stereocenters. The minimum atomic E-state index is -0.959. The van der Waals surface area contributed by atoms with Crippen LogP contribution in [0.5, 0.6) is 0 Å². The van der Waals surface area contributed by atoms with Crippen LogP contribution in [-0.2, 0) is 0 Å². The second kappa shape index (κ2) is 4.43. The van der Waals surface area contributed by atoms with Crippen LogP contribution in [-0.4, -0.2) is 15.6 Å². The molecular formula is C12H9Cl2NO2. The summed E-state index contributed by atoms with van der Waals surface area (Å²) in [6.07, 6.45) is 1.66. The normalized spacial score (nSPS) is 10.5. The lowest BCUT2D eigenvalue weighted by atomic mass is 10.2. The van der Waals surface area contributed by atoms with Gasteiger partial charge in [0.15, 0.2) is 0 Å². The summed E-state index contributed by atoms with van der Waals surface area (Å²) < 4.78 is 1.71. The molecule has 0 saturated carbocycles. The van der Waals surface area contributed by atoms with E-state index < -0.39 is 5.97 Å². The van der Waals surface area contributed by atoms with Crippen molar-refractivity contribution in [1.29, 1.82) is 0 Å². The summed E-state index contributed by atoms with van der Waals surface area (Å²) in [6, 6.07) is 6.77. The smallest absolute Gasteiger partial charge is 0.337 e. The standard InChI is InChI=1S/C12H9Cl2NO2/c1-7-8(12(16)17)5-6-15(7)10-4-2-3-9(13)11(10)14/h2-6H,1H3,(H,16,17). The molecule has 0 atom stereocenters. The summed E-state index contributed by atoms with van der Waals surface area (Å²) in [6.45, 7) is 1.72. The Hall–Kier alpha value is -1.45. The van der Waals surface area contributed by atoms with Crippen LogP contribution in [0.2, 0.25) is 10.0 Å². The number of carboxylic acids is 1. The zero-order chi connectivity index (χ0) is 12.6. The molecule has 5 heteroatoms. The highest BCUT2D eigenvalue weighted by atomic mass is 35.5. The van der Waals surface area contributed by atoms with Gasteiger partial charge in [-0.3, -0.25) is 0 Å². The Morgan fingerprint density at radius 2 is 2.00 bits per heavy atom. The van der Waals surface area contributed by atoms with E-state index in [1.54, 1.807) is 35.9 Å². The number of carbonyl (C=O) groups is 1. The van der Waals surface area contributed by atoms with Crippen LogP contribution in [0.25, 0.3) is 5.69 Å². The van der Waals surface area contributed by atoms with Gasteiger partial charge >= 0.3 is 5.97 Å². The van der Waals surface area contributed by atoms with Crippen molar-refractivity contribution in [2.45, 2.75) is 6.92 Å². The molecule has 0 aliphatic carbocycles. The van der Waals surface area contributed by atoms with Gasteiger partial charge in [0.25, 0.3) is 0 Å². The first-order chi connectivity index (χ1) is 8.02. The number of benzene rings is 1. The maximum atomic E-state index is 10.9. The Balaban J connectivity index is 2.62. The number of hydrogen-bond donors (Lipinski definition) is 1. The molecule has 0 aliphatic heterocycles. The number of aromatic carboxylic acids is 1. The van der Waals surface area contributed by atoms with Crippen molar-refractivity contribution in [2.75, 3.05) is 0 Å². The summed E-state index contributed by atoms with van der Waals surface area (Å²) in [4.78, 5) is 10.9. The van der Waals surface area contributed by atoms with Crippen molar-refractivity contribution in [3.8, 4) is 5.69 Å². The number of hydrogen-bond acceptors (Lipinski definition) is 1. The van der Waals surface area contributed by atoms with Gasteiger partial charge in [0.2, 0.25) is 0 Å². The van der Waals surface area contributed by atoms with Gasteiger partial charge in [0, 0.05) is 11.9 Å². The molecule has 1 N–H and O–H groups in total. The summed E-state index contributed by atoms with van der Waals surface area (Å²) in [5.41, 5.74) is 1.53. The molecule has 0 bridgehead atoms. The van der Waals surface area contributed by atoms with Gasteiger partial charge in [-0.1, -0.05) is 29.3 Å². The van der Waals surface area contributed by atoms with Gasteiger partial charge < -0.3 is 9.67 Å². The van der Waals surface area contributed by atoms with Gasteiger partial charge in [-0.25, -0.2) is 4.79 Å². The topological polar surface area (TPSA) is 42.2 Å². The van der Waals surface area contributed by atoms with Gasteiger partial charge in [-0.15, -0.1) is 0 Å². The van der Waals surface area contributed by atoms with Crippen molar-refractivity contribution in [3.05, 3.63) is 51.8 Å². The van der Waals surface area contributed by atoms with Crippen LogP contribution in [0.1, 0.15) is 16.1 Å². The first-order valence-corrected chi connectivity index (χ1v) is 5.63. The van der Waals surface area contributed by atoms with E-state index in [0.717, 1.165) is 0 Å². The van der Waals surface area contributed by atoms with E-state index in [1.807, 2.05) is 0 Å². The highest BCUT2D eigenvalue weighted by Crippen LogP contribution is 2.30. The maximum Gasteiger partial charge on any atom is 0.337 e. The molecule has 3 nitrogen and oxygen atoms in total. The van der Waals surface area contributed by atoms with E-state index in [2.05, 4.69) is 0 Å². The Bertz CT molecular complexity index is 590. The molecule has 0 radical (unpaired) electrons. The van der Waals surface area contributed by atoms with Crippen LogP contribution < -0.4 is 0 Å². The van der Waals surface area contributed by atoms with Crippen LogP contribution in [0.4, 0.5) is 0 Å². The zero-order valence-electron chi connectivity index (χ0n) is 8.95. The minimum absolute atomic E-state index is 0.251. The Morgan fingerprint density at radius 1 is 1.29 bits per heavy atom. The van der Waals surface area contributed by atoms with Crippen LogP contribution in [0.15, 0.2) is 30.5 Å². The zero-order valence-corrected chi connectivity index (χ0v) is 10.5. The molecule has 2 rings (SSSR count). The number of halogens is 2. The third kappa shape index (κ3) is 2.04. The van der Waals surface area contributed by atoms with Crippen LogP contribution in [0.3, 0.4) is 0 Å². The van der Waals surface area contributed by atoms with Crippen molar-refractivity contribution in [2.24, 2.45) is 0 Å². The fourth-order valence-electron chi connectivity index (χ4n) is 1.68. The third-order valence-corrected chi connectivity index (χ3v) is 3.37. The Labute approximate surface area is 108 Å². The fraction of sp³-hybridized carbons (Fsp3) is 0.0833. The van der Waals surface area contributed by atoms with Crippen molar-refractivity contribution in [1.82, 2.24) is 4.57 Å². The first-order valence-electron chi connectivity index (χ1n) is 4.88. The molecule has 0 fully saturated rings. The van der Waals surface area contributed by atoms with Gasteiger partial charge in [-0.2, -0.15) is 0 Å². The fourth-order valence-corrected chi connectivity index (χ4v) is 2.06. The third-order valence-electron chi connectivity index (χ3n) is 2.56. The Kier molecular flexibility index (Phi) is 3.13. The van der Waals surface area contributed by atoms with E-state index >= 15 is 0 Å². The summed E-state index contributed by atoms with van der Waals surface area (Å²) in [5, 5.41) is 9.82. The van der Waals surface area contributed by atoms with E-state index in [1.165, 1.54) is 6.07 Å². The Morgan fingerprint density at radius 3 is 2.59 bits per heavy atom. The average molecular weight is 270 g/mol. The highest BCUT2D eigenvalue weighted by Gasteiger charge is 2.14. The molecule has 88 valence electrons. The number of carboxylic acid groups (broad SMARTS) is 1. The second-order valence-electron chi connectivity index (χ2n) is 3.56. The SMILES string of the molecule is Cc1c(C(=O)O)ccn1-c1cccc(Cl)c1Cl. The largest absolute Gasteiger partial charge is 0.478 e. The van der Waals surface area contributed by atoms with Gasteiger partial charge in [0.05, 0.1) is 21.3 Å². The molecule has 1 heterocycles. The van der Waals surface area contributed by atoms with Crippen molar-refractivity contribution >= 4 is 29.2 Å². The average Bonchev–Trinajstić information content (AvgIpc) is 2.64. The summed E-state index contributed by atoms with van der Waals surface area (Å²) in [5.74, 6) is -0.959. The number of nitrogens with zero attached hydrogens (tertiary/aromatic N) is 1. The monoisotopic (exact) mass is 269 g/mol. The van der Waals surface area contributed by atoms with E-state index in [-0.39, 0.29) is 5.56 Å². The van der Waals surface area contributed by atoms with Gasteiger partial charge in [-0.05, 0) is 25.1 Å². The first kappa shape index (κ1) is 12.0. The minimum Gasteiger partial charge on any atom is -0.478 e. The van der Waals surface area contributed by atoms with E-state index in [4.69, 9.17) is 28.3 Å².